The summed E-state index contributed by atoms with van der Waals surface area (Å²) in [5.41, 5.74) is 1.92. The second-order valence-corrected chi connectivity index (χ2v) is 29.1. The second-order valence-electron chi connectivity index (χ2n) is 28.7. The molecule has 122 heavy (non-hydrogen) atoms. The Bertz CT molecular complexity index is 5670. The summed E-state index contributed by atoms with van der Waals surface area (Å²) in [4.78, 5) is 183. The smallest absolute Gasteiger partial charge is 0.416 e. The van der Waals surface area contributed by atoms with E-state index in [-0.39, 0.29) is 154 Å². The summed E-state index contributed by atoms with van der Waals surface area (Å²) >= 11 is 6.08. The van der Waals surface area contributed by atoms with Crippen LogP contribution in [0.2, 0.25) is 5.02 Å². The number of hydrogen-bond donors (Lipinski definition) is 13. The number of nitrogens with one attached hydrogen (secondary N) is 13. The molecule has 10 rings (SSSR count). The van der Waals surface area contributed by atoms with Gasteiger partial charge in [0.2, 0.25) is 35.3 Å². The number of hydrogen-bond acceptors (Lipinski definition) is 17. The van der Waals surface area contributed by atoms with Gasteiger partial charge in [0, 0.05) is 157 Å². The second kappa shape index (κ2) is 39.8. The topological polar surface area (TPSA) is 456 Å². The zero-order valence-electron chi connectivity index (χ0n) is 68.4. The van der Waals surface area contributed by atoms with Crippen LogP contribution in [0.15, 0.2) is 122 Å². The zero-order chi connectivity index (χ0) is 88.6. The van der Waals surface area contributed by atoms with Crippen LogP contribution >= 0.6 is 11.6 Å². The quantitative estimate of drug-likeness (QED) is 0.0162. The van der Waals surface area contributed by atoms with Crippen LogP contribution in [0.4, 0.5) is 70.3 Å². The minimum Gasteiger partial charge on any atom is -0.493 e. The van der Waals surface area contributed by atoms with Crippen molar-refractivity contribution in [3.63, 3.8) is 0 Å². The molecule has 13 amide bonds. The van der Waals surface area contributed by atoms with E-state index in [4.69, 9.17) is 16.3 Å². The summed E-state index contributed by atoms with van der Waals surface area (Å²) in [6.07, 6.45) is 8.88. The highest BCUT2D eigenvalue weighted by atomic mass is 35.5. The fourth-order valence-electron chi connectivity index (χ4n) is 12.7. The Balaban J connectivity index is 0.601. The molecule has 0 radical (unpaired) electrons. The zero-order valence-corrected chi connectivity index (χ0v) is 69.1. The number of carbonyl (C=O) groups is 13. The molecular formula is C80H92ClF3N24O14. The van der Waals surface area contributed by atoms with E-state index in [2.05, 4.69) is 79.1 Å². The van der Waals surface area contributed by atoms with Gasteiger partial charge < -0.3 is 115 Å². The van der Waals surface area contributed by atoms with Gasteiger partial charge in [0.1, 0.15) is 39.9 Å². The van der Waals surface area contributed by atoms with Gasteiger partial charge in [-0.1, -0.05) is 11.6 Å². The van der Waals surface area contributed by atoms with Crippen LogP contribution < -0.4 is 73.9 Å². The van der Waals surface area contributed by atoms with Crippen LogP contribution in [0.25, 0.3) is 0 Å². The summed E-state index contributed by atoms with van der Waals surface area (Å²) < 4.78 is 57.5. The summed E-state index contributed by atoms with van der Waals surface area (Å²) in [6.45, 7) is 3.20. The number of ether oxygens (including phenoxy) is 1. The molecule has 0 atom stereocenters. The predicted octanol–water partition coefficient (Wildman–Crippen LogP) is 8.50. The number of aromatic nitrogens is 10. The van der Waals surface area contributed by atoms with E-state index < -0.39 is 76.7 Å². The highest BCUT2D eigenvalue weighted by Gasteiger charge is 2.32. The summed E-state index contributed by atoms with van der Waals surface area (Å²) in [5, 5.41) is 35.0. The molecule has 0 bridgehead atoms. The molecule has 0 saturated heterocycles. The van der Waals surface area contributed by atoms with Gasteiger partial charge in [-0.2, -0.15) is 13.2 Å². The third kappa shape index (κ3) is 23.9. The number of nitrogens with zero attached hydrogens (tertiary/aromatic N) is 11. The maximum atomic E-state index is 13.6. The van der Waals surface area contributed by atoms with Gasteiger partial charge >= 0.3 is 6.18 Å². The predicted molar refractivity (Wildman–Crippen MR) is 448 cm³/mol. The number of alkyl halides is 3. The van der Waals surface area contributed by atoms with Crippen LogP contribution in [0.1, 0.15) is 158 Å². The van der Waals surface area contributed by atoms with Crippen molar-refractivity contribution in [2.45, 2.75) is 64.5 Å². The van der Waals surface area contributed by atoms with Crippen LogP contribution in [0.5, 0.6) is 5.75 Å². The first-order chi connectivity index (χ1) is 57.9. The van der Waals surface area contributed by atoms with E-state index in [1.165, 1.54) is 115 Å². The molecule has 0 aliphatic rings. The van der Waals surface area contributed by atoms with Gasteiger partial charge in [0.15, 0.2) is 11.6 Å². The first kappa shape index (κ1) is 89.8. The molecule has 38 nitrogen and oxygen atoms in total. The monoisotopic (exact) mass is 1700 g/mol. The maximum absolute atomic E-state index is 13.6. The fraction of sp³-hybridized carbons (Fsp3) is 0.312. The molecule has 8 aromatic heterocycles. The van der Waals surface area contributed by atoms with E-state index >= 15 is 0 Å². The summed E-state index contributed by atoms with van der Waals surface area (Å²) in [7, 11) is 16.7. The first-order valence-electron chi connectivity index (χ1n) is 38.1. The summed E-state index contributed by atoms with van der Waals surface area (Å²) in [6, 6.07) is 15.6. The molecule has 13 N–H and O–H groups in total. The Hall–Kier alpha value is -14.5. The number of halogens is 4. The molecule has 0 aliphatic heterocycles. The van der Waals surface area contributed by atoms with Gasteiger partial charge in [-0.15, -0.1) is 0 Å². The van der Waals surface area contributed by atoms with Gasteiger partial charge in [-0.3, -0.25) is 62.3 Å². The number of benzene rings is 2. The standard InChI is InChI=1S/C80H92ClF3N24O14/c1-12-122-62-23-21-46(30-53(62)71(113)95-55-29-45(80(82,83)84)20-22-54(55)81)88-66(110)18-14-13-17-65(109)85-27-24-68(112)90-48-32-61(104(7)38-48)77(119)98-63-43-108(11)70(96-63)79(121)99-64-44-107(10)69(97-64)78(120)94-52-34-57(102(5)42-52)72(114)86-25-15-19-67(111)89-47-31-58(103(6)37-47)74(116)92-50-35-60(106(9)40-50)76(118)93-51-36-59(105(8)41-51)75(117)91-49-33-56(101(4)39-49)73(115)87-26-16-28-100(2)3/h20-23,29-44H,12-19,24-28H2,1-11H3,(H,85,109)(H,86,114)(H,87,115)(H,88,110)(H,89,111)(H,90,112)(H,91,117)(H,92,116)(H,93,118)(H,94,120)(H,95,113)(H,98,119)(H,99,121). The molecule has 0 unspecified atom stereocenters. The van der Waals surface area contributed by atoms with Gasteiger partial charge in [-0.05, 0) is 126 Å². The van der Waals surface area contributed by atoms with E-state index in [0.29, 0.717) is 53.9 Å². The van der Waals surface area contributed by atoms with Crippen molar-refractivity contribution >= 4 is 146 Å². The van der Waals surface area contributed by atoms with Crippen molar-refractivity contribution in [3.05, 3.63) is 184 Å². The molecule has 42 heteroatoms. The third-order valence-corrected chi connectivity index (χ3v) is 19.0. The van der Waals surface area contributed by atoms with Crippen LogP contribution in [0, 0.1) is 0 Å². The largest absolute Gasteiger partial charge is 0.493 e. The Morgan fingerprint density at radius 1 is 0.377 bits per heavy atom. The normalized spacial score (nSPS) is 11.2. The van der Waals surface area contributed by atoms with E-state index in [0.717, 1.165) is 25.1 Å². The maximum Gasteiger partial charge on any atom is 0.416 e. The van der Waals surface area contributed by atoms with Gasteiger partial charge in [0.25, 0.3) is 53.2 Å². The molecule has 0 saturated carbocycles. The molecule has 8 heterocycles. The lowest BCUT2D eigenvalue weighted by atomic mass is 10.1. The molecule has 0 aliphatic carbocycles. The van der Waals surface area contributed by atoms with Crippen LogP contribution in [0.3, 0.4) is 0 Å². The van der Waals surface area contributed by atoms with Crippen molar-refractivity contribution in [3.8, 4) is 5.75 Å². The highest BCUT2D eigenvalue weighted by Crippen LogP contribution is 2.35. The first-order valence-corrected chi connectivity index (χ1v) is 38.5. The molecule has 644 valence electrons. The third-order valence-electron chi connectivity index (χ3n) is 18.7. The Labute approximate surface area is 701 Å². The number of carbonyl (C=O) groups excluding carboxylic acids is 13. The van der Waals surface area contributed by atoms with Crippen molar-refractivity contribution in [2.75, 3.05) is 100 Å². The van der Waals surface area contributed by atoms with Gasteiger partial charge in [0.05, 0.1) is 62.6 Å². The number of rotatable bonds is 37. The molecular weight excluding hydrogens is 1610 g/mol. The fourth-order valence-corrected chi connectivity index (χ4v) is 12.8. The highest BCUT2D eigenvalue weighted by molar-refractivity contribution is 6.34. The van der Waals surface area contributed by atoms with Gasteiger partial charge in [-0.25, -0.2) is 9.97 Å². The van der Waals surface area contributed by atoms with E-state index in [1.807, 2.05) is 19.0 Å². The summed E-state index contributed by atoms with van der Waals surface area (Å²) in [5.74, 6) is -7.13. The number of amides is 13. The van der Waals surface area contributed by atoms with Crippen molar-refractivity contribution in [2.24, 2.45) is 56.4 Å². The number of imidazole rings is 2. The number of unbranched alkanes of at least 4 members (excludes halogenated alkanes) is 1. The Morgan fingerprint density at radius 2 is 0.754 bits per heavy atom. The lowest BCUT2D eigenvalue weighted by Gasteiger charge is -2.15. The van der Waals surface area contributed by atoms with Crippen molar-refractivity contribution in [1.29, 1.82) is 0 Å². The minimum atomic E-state index is -4.69. The van der Waals surface area contributed by atoms with E-state index in [1.54, 1.807) is 89.2 Å². The SMILES string of the molecule is CCOc1ccc(NC(=O)CCCCC(=O)NCCC(=O)Nc2cc(C(=O)Nc3cn(C)c(C(=O)Nc4cn(C)c(C(=O)Nc5cc(C(=O)NCCCC(=O)Nc6cc(C(=O)Nc7cc(C(=O)Nc8cc(C(=O)Nc9cc(C(=O)NCCCN(C)C)n(C)c9)n(C)c8)n(C)c7)n(C)c6)n(C)c5)n4)n3)n(C)c2)cc1C(=O)Nc1cc(C(F)(F)F)ccc1Cl. The van der Waals surface area contributed by atoms with Crippen molar-refractivity contribution < 1.29 is 80.2 Å². The average molecular weight is 1710 g/mol. The van der Waals surface area contributed by atoms with Crippen molar-refractivity contribution in [1.82, 2.24) is 67.4 Å². The molecule has 2 aromatic carbocycles. The van der Waals surface area contributed by atoms with Crippen LogP contribution in [-0.4, -0.2) is 175 Å². The lowest BCUT2D eigenvalue weighted by Crippen LogP contribution is -2.28. The number of aryl methyl sites for hydroxylation is 8. The molecule has 0 fully saturated rings. The molecule has 10 aromatic rings. The Morgan fingerprint density at radius 3 is 1.20 bits per heavy atom. The Kier molecular flexibility index (Phi) is 29.3. The lowest BCUT2D eigenvalue weighted by molar-refractivity contribution is -0.137. The molecule has 0 spiro atoms. The average Bonchev–Trinajstić information content (AvgIpc) is 1.15. The van der Waals surface area contributed by atoms with E-state index in [9.17, 15) is 75.5 Å². The van der Waals surface area contributed by atoms with Crippen LogP contribution in [-0.2, 0) is 81.7 Å². The minimum absolute atomic E-state index is 0.00699. The number of anilines is 10.